The SMILES string of the molecule is Cc1cnc(CNS(=O)(=O)CC2CCCCO2)o1. The normalized spacial score (nSPS) is 21.1. The molecule has 0 saturated carbocycles. The predicted molar refractivity (Wildman–Crippen MR) is 65.5 cm³/mol. The van der Waals surface area contributed by atoms with Crippen LogP contribution in [0, 0.1) is 6.92 Å². The van der Waals surface area contributed by atoms with E-state index in [1.54, 1.807) is 13.1 Å². The van der Waals surface area contributed by atoms with Gasteiger partial charge < -0.3 is 9.15 Å². The Labute approximate surface area is 107 Å². The van der Waals surface area contributed by atoms with Gasteiger partial charge in [-0.15, -0.1) is 0 Å². The van der Waals surface area contributed by atoms with E-state index in [-0.39, 0.29) is 18.4 Å². The van der Waals surface area contributed by atoms with Crippen LogP contribution >= 0.6 is 0 Å². The van der Waals surface area contributed by atoms with Crippen molar-refractivity contribution >= 4 is 10.0 Å². The van der Waals surface area contributed by atoms with Gasteiger partial charge in [-0.3, -0.25) is 0 Å². The van der Waals surface area contributed by atoms with E-state index in [1.807, 2.05) is 0 Å². The number of aromatic nitrogens is 1. The van der Waals surface area contributed by atoms with Gasteiger partial charge in [0.2, 0.25) is 15.9 Å². The van der Waals surface area contributed by atoms with Crippen LogP contribution in [0.25, 0.3) is 0 Å². The van der Waals surface area contributed by atoms with Crippen molar-refractivity contribution in [2.75, 3.05) is 12.4 Å². The van der Waals surface area contributed by atoms with Gasteiger partial charge in [-0.05, 0) is 26.2 Å². The molecule has 0 amide bonds. The Balaban J connectivity index is 1.83. The lowest BCUT2D eigenvalue weighted by Crippen LogP contribution is -2.34. The number of ether oxygens (including phenoxy) is 1. The molecular weight excluding hydrogens is 256 g/mol. The summed E-state index contributed by atoms with van der Waals surface area (Å²) in [4.78, 5) is 3.94. The van der Waals surface area contributed by atoms with Crippen LogP contribution < -0.4 is 4.72 Å². The van der Waals surface area contributed by atoms with Crippen LogP contribution in [0.2, 0.25) is 0 Å². The van der Waals surface area contributed by atoms with Crippen molar-refractivity contribution in [3.05, 3.63) is 17.8 Å². The summed E-state index contributed by atoms with van der Waals surface area (Å²) in [6.45, 7) is 2.50. The van der Waals surface area contributed by atoms with Crippen molar-refractivity contribution in [3.63, 3.8) is 0 Å². The van der Waals surface area contributed by atoms with E-state index >= 15 is 0 Å². The second kappa shape index (κ2) is 5.81. The highest BCUT2D eigenvalue weighted by atomic mass is 32.2. The summed E-state index contributed by atoms with van der Waals surface area (Å²) >= 11 is 0. The summed E-state index contributed by atoms with van der Waals surface area (Å²) in [6, 6.07) is 0. The highest BCUT2D eigenvalue weighted by Gasteiger charge is 2.22. The molecular formula is C11H18N2O4S. The standard InChI is InChI=1S/C11H18N2O4S/c1-9-6-12-11(17-9)7-13-18(14,15)8-10-4-2-3-5-16-10/h6,10,13H,2-5,7-8H2,1H3. The molecule has 1 saturated heterocycles. The van der Waals surface area contributed by atoms with Crippen molar-refractivity contribution in [2.45, 2.75) is 38.8 Å². The van der Waals surface area contributed by atoms with Crippen LogP contribution in [-0.2, 0) is 21.3 Å². The fourth-order valence-corrected chi connectivity index (χ4v) is 3.11. The average Bonchev–Trinajstić information content (AvgIpc) is 2.74. The number of rotatable bonds is 5. The van der Waals surface area contributed by atoms with Gasteiger partial charge in [0.05, 0.1) is 24.6 Å². The molecule has 2 heterocycles. The van der Waals surface area contributed by atoms with E-state index < -0.39 is 10.0 Å². The summed E-state index contributed by atoms with van der Waals surface area (Å²) in [6.07, 6.45) is 4.22. The van der Waals surface area contributed by atoms with Gasteiger partial charge in [0.1, 0.15) is 5.76 Å². The van der Waals surface area contributed by atoms with Gasteiger partial charge >= 0.3 is 0 Å². The van der Waals surface area contributed by atoms with Crippen LogP contribution in [0.15, 0.2) is 10.6 Å². The van der Waals surface area contributed by atoms with Gasteiger partial charge in [0.15, 0.2) is 0 Å². The van der Waals surface area contributed by atoms with Crippen LogP contribution in [0.3, 0.4) is 0 Å². The second-order valence-corrected chi connectivity index (χ2v) is 6.31. The van der Waals surface area contributed by atoms with E-state index in [2.05, 4.69) is 9.71 Å². The molecule has 2 rings (SSSR count). The minimum atomic E-state index is -3.35. The topological polar surface area (TPSA) is 81.4 Å². The molecule has 6 nitrogen and oxygen atoms in total. The van der Waals surface area contributed by atoms with E-state index in [0.29, 0.717) is 18.3 Å². The molecule has 7 heteroatoms. The number of sulfonamides is 1. The summed E-state index contributed by atoms with van der Waals surface area (Å²) < 4.78 is 36.7. The number of aryl methyl sites for hydroxylation is 1. The smallest absolute Gasteiger partial charge is 0.214 e. The van der Waals surface area contributed by atoms with E-state index in [9.17, 15) is 8.42 Å². The molecule has 0 spiro atoms. The summed E-state index contributed by atoms with van der Waals surface area (Å²) in [5, 5.41) is 0. The Bertz CT molecular complexity index is 477. The zero-order chi connectivity index (χ0) is 13.0. The number of nitrogens with one attached hydrogen (secondary N) is 1. The van der Waals surface area contributed by atoms with Gasteiger partial charge in [0.25, 0.3) is 0 Å². The third kappa shape index (κ3) is 4.08. The third-order valence-electron chi connectivity index (χ3n) is 2.79. The van der Waals surface area contributed by atoms with Crippen molar-refractivity contribution in [2.24, 2.45) is 0 Å². The molecule has 0 bridgehead atoms. The Morgan fingerprint density at radius 3 is 2.94 bits per heavy atom. The molecule has 1 N–H and O–H groups in total. The maximum atomic E-state index is 11.8. The van der Waals surface area contributed by atoms with Crippen molar-refractivity contribution in [1.82, 2.24) is 9.71 Å². The first-order valence-corrected chi connectivity index (χ1v) is 7.71. The number of hydrogen-bond donors (Lipinski definition) is 1. The lowest BCUT2D eigenvalue weighted by atomic mass is 10.1. The molecule has 1 fully saturated rings. The number of hydrogen-bond acceptors (Lipinski definition) is 5. The maximum absolute atomic E-state index is 11.8. The Morgan fingerprint density at radius 2 is 2.33 bits per heavy atom. The molecule has 1 atom stereocenters. The first kappa shape index (κ1) is 13.5. The number of oxazole rings is 1. The Kier molecular flexibility index (Phi) is 4.36. The first-order valence-electron chi connectivity index (χ1n) is 6.05. The molecule has 1 aliphatic heterocycles. The van der Waals surface area contributed by atoms with Gasteiger partial charge in [-0.1, -0.05) is 0 Å². The molecule has 1 aliphatic rings. The minimum Gasteiger partial charge on any atom is -0.445 e. The van der Waals surface area contributed by atoms with Gasteiger partial charge in [0, 0.05) is 6.61 Å². The molecule has 18 heavy (non-hydrogen) atoms. The monoisotopic (exact) mass is 274 g/mol. The molecule has 0 radical (unpaired) electrons. The second-order valence-electron chi connectivity index (χ2n) is 4.46. The van der Waals surface area contributed by atoms with Crippen molar-refractivity contribution in [3.8, 4) is 0 Å². The quantitative estimate of drug-likeness (QED) is 0.865. The van der Waals surface area contributed by atoms with Crippen LogP contribution in [0.4, 0.5) is 0 Å². The Hall–Kier alpha value is -0.920. The average molecular weight is 274 g/mol. The summed E-state index contributed by atoms with van der Waals surface area (Å²) in [7, 11) is -3.35. The molecule has 102 valence electrons. The molecule has 0 aromatic carbocycles. The Morgan fingerprint density at radius 1 is 1.50 bits per heavy atom. The molecule has 0 aliphatic carbocycles. The van der Waals surface area contributed by atoms with Crippen molar-refractivity contribution in [1.29, 1.82) is 0 Å². The highest BCUT2D eigenvalue weighted by Crippen LogP contribution is 2.14. The fraction of sp³-hybridized carbons (Fsp3) is 0.727. The lowest BCUT2D eigenvalue weighted by Gasteiger charge is -2.22. The molecule has 1 aromatic rings. The first-order chi connectivity index (χ1) is 8.55. The lowest BCUT2D eigenvalue weighted by molar-refractivity contribution is 0.0304. The zero-order valence-electron chi connectivity index (χ0n) is 10.4. The van der Waals surface area contributed by atoms with E-state index in [1.165, 1.54) is 0 Å². The zero-order valence-corrected chi connectivity index (χ0v) is 11.2. The van der Waals surface area contributed by atoms with Crippen LogP contribution in [0.1, 0.15) is 30.9 Å². The number of nitrogens with zero attached hydrogens (tertiary/aromatic N) is 1. The largest absolute Gasteiger partial charge is 0.445 e. The summed E-state index contributed by atoms with van der Waals surface area (Å²) in [5.41, 5.74) is 0. The highest BCUT2D eigenvalue weighted by molar-refractivity contribution is 7.89. The fourth-order valence-electron chi connectivity index (χ4n) is 1.90. The van der Waals surface area contributed by atoms with Gasteiger partial charge in [-0.25, -0.2) is 18.1 Å². The summed E-state index contributed by atoms with van der Waals surface area (Å²) in [5.74, 6) is 1.05. The van der Waals surface area contributed by atoms with Crippen LogP contribution in [-0.4, -0.2) is 31.9 Å². The molecule has 1 unspecified atom stereocenters. The van der Waals surface area contributed by atoms with E-state index in [4.69, 9.17) is 9.15 Å². The maximum Gasteiger partial charge on any atom is 0.214 e. The predicted octanol–water partition coefficient (Wildman–Crippen LogP) is 0.972. The third-order valence-corrected chi connectivity index (χ3v) is 4.19. The van der Waals surface area contributed by atoms with Crippen LogP contribution in [0.5, 0.6) is 0 Å². The molecule has 1 aromatic heterocycles. The minimum absolute atomic E-state index is 0.00664. The van der Waals surface area contributed by atoms with Crippen molar-refractivity contribution < 1.29 is 17.6 Å². The van der Waals surface area contributed by atoms with E-state index in [0.717, 1.165) is 19.3 Å². The van der Waals surface area contributed by atoms with Gasteiger partial charge in [-0.2, -0.15) is 0 Å².